The van der Waals surface area contributed by atoms with Gasteiger partial charge in [-0.1, -0.05) is 36.4 Å². The minimum atomic E-state index is -4.61. The van der Waals surface area contributed by atoms with Crippen LogP contribution in [0.4, 0.5) is 13.2 Å². The Labute approximate surface area is 219 Å². The highest BCUT2D eigenvalue weighted by molar-refractivity contribution is 7.90. The second-order valence-corrected chi connectivity index (χ2v) is 11.7. The number of aliphatic hydroxyl groups excluding tert-OH is 1. The number of aromatic nitrogens is 2. The van der Waals surface area contributed by atoms with Crippen LogP contribution in [0, 0.1) is 6.92 Å². The fourth-order valence-corrected chi connectivity index (χ4v) is 5.24. The van der Waals surface area contributed by atoms with Gasteiger partial charge in [0.25, 0.3) is 0 Å². The van der Waals surface area contributed by atoms with Gasteiger partial charge in [0, 0.05) is 18.0 Å². The monoisotopic (exact) mass is 544 g/mol. The van der Waals surface area contributed by atoms with Gasteiger partial charge in [-0.2, -0.15) is 13.2 Å². The summed E-state index contributed by atoms with van der Waals surface area (Å²) in [5.41, 5.74) is 0.609. The number of alkyl halides is 3. The maximum absolute atomic E-state index is 13.9. The maximum atomic E-state index is 13.9. The van der Waals surface area contributed by atoms with E-state index in [1.807, 2.05) is 0 Å². The molecule has 0 fully saturated rings. The molecule has 10 heteroatoms. The van der Waals surface area contributed by atoms with Gasteiger partial charge in [0.2, 0.25) is 0 Å². The Hall–Kier alpha value is -3.47. The van der Waals surface area contributed by atoms with Crippen LogP contribution in [-0.2, 0) is 28.2 Å². The van der Waals surface area contributed by atoms with Crippen molar-refractivity contribution in [3.8, 4) is 28.2 Å². The van der Waals surface area contributed by atoms with Crippen molar-refractivity contribution in [3.05, 3.63) is 89.2 Å². The Bertz CT molecular complexity index is 1620. The van der Waals surface area contributed by atoms with Crippen molar-refractivity contribution < 1.29 is 31.8 Å². The number of rotatable bonds is 6. The first kappa shape index (κ1) is 27.6. The molecule has 0 amide bonds. The molecule has 0 saturated heterocycles. The Morgan fingerprint density at radius 2 is 1.61 bits per heavy atom. The molecule has 0 unspecified atom stereocenters. The summed E-state index contributed by atoms with van der Waals surface area (Å²) in [7, 11) is -3.59. The van der Waals surface area contributed by atoms with Crippen LogP contribution < -0.4 is 0 Å². The summed E-state index contributed by atoms with van der Waals surface area (Å²) < 4.78 is 67.6. The Morgan fingerprint density at radius 1 is 0.974 bits per heavy atom. The number of hydrogen-bond acceptors (Lipinski definition) is 5. The fourth-order valence-electron chi connectivity index (χ4n) is 4.29. The zero-order valence-corrected chi connectivity index (χ0v) is 22.0. The van der Waals surface area contributed by atoms with Crippen LogP contribution >= 0.6 is 0 Å². The molecule has 0 aliphatic rings. The summed E-state index contributed by atoms with van der Waals surface area (Å²) in [6, 6.07) is 15.1. The molecule has 200 valence electrons. The number of hydrogen-bond donors (Lipinski definition) is 2. The minimum absolute atomic E-state index is 0.0229. The van der Waals surface area contributed by atoms with Gasteiger partial charge in [-0.05, 0) is 67.3 Å². The number of benzene rings is 3. The highest BCUT2D eigenvalue weighted by Gasteiger charge is 2.35. The van der Waals surface area contributed by atoms with Gasteiger partial charge >= 0.3 is 6.18 Å². The normalized spacial score (nSPS) is 12.7. The third kappa shape index (κ3) is 5.38. The maximum Gasteiger partial charge on any atom is 0.417 e. The molecule has 0 atom stereocenters. The number of aryl methyl sites for hydroxylation is 1. The molecule has 1 heterocycles. The van der Waals surface area contributed by atoms with Crippen molar-refractivity contribution in [2.24, 2.45) is 0 Å². The Balaban J connectivity index is 1.90. The first-order chi connectivity index (χ1) is 17.6. The lowest BCUT2D eigenvalue weighted by Gasteiger charge is -2.16. The molecule has 6 nitrogen and oxygen atoms in total. The molecule has 1 aromatic heterocycles. The summed E-state index contributed by atoms with van der Waals surface area (Å²) in [6.07, 6.45) is -2.03. The van der Waals surface area contributed by atoms with Gasteiger partial charge in [0.1, 0.15) is 11.4 Å². The molecule has 3 aromatic carbocycles. The third-order valence-corrected chi connectivity index (χ3v) is 7.41. The molecule has 2 N–H and O–H groups in total. The van der Waals surface area contributed by atoms with E-state index in [0.717, 1.165) is 12.3 Å². The van der Waals surface area contributed by atoms with Crippen LogP contribution in [0.25, 0.3) is 28.2 Å². The highest BCUT2D eigenvalue weighted by Crippen LogP contribution is 2.39. The lowest BCUT2D eigenvalue weighted by Crippen LogP contribution is -2.15. The average Bonchev–Trinajstić information content (AvgIpc) is 3.28. The Kier molecular flexibility index (Phi) is 7.02. The van der Waals surface area contributed by atoms with E-state index in [2.05, 4.69) is 4.98 Å². The van der Waals surface area contributed by atoms with E-state index < -0.39 is 33.8 Å². The molecule has 0 spiro atoms. The van der Waals surface area contributed by atoms with E-state index in [-0.39, 0.29) is 27.5 Å². The van der Waals surface area contributed by atoms with Crippen LogP contribution in [0.5, 0.6) is 0 Å². The van der Waals surface area contributed by atoms with E-state index in [4.69, 9.17) is 0 Å². The second-order valence-electron chi connectivity index (χ2n) is 9.68. The number of sulfone groups is 1. The van der Waals surface area contributed by atoms with Gasteiger partial charge < -0.3 is 10.2 Å². The first-order valence-corrected chi connectivity index (χ1v) is 13.5. The Morgan fingerprint density at radius 3 is 2.18 bits per heavy atom. The molecule has 4 aromatic rings. The summed E-state index contributed by atoms with van der Waals surface area (Å²) in [5, 5.41) is 20.1. The van der Waals surface area contributed by atoms with Crippen LogP contribution in [0.15, 0.2) is 71.8 Å². The largest absolute Gasteiger partial charge is 0.417 e. The molecular formula is C28H27F3N2O4S. The quantitative estimate of drug-likeness (QED) is 0.327. The third-order valence-electron chi connectivity index (χ3n) is 6.23. The summed E-state index contributed by atoms with van der Waals surface area (Å²) in [6.45, 7) is 4.36. The summed E-state index contributed by atoms with van der Waals surface area (Å²) in [4.78, 5) is 4.43. The molecule has 0 aliphatic carbocycles. The van der Waals surface area contributed by atoms with Gasteiger partial charge in [0.15, 0.2) is 9.84 Å². The number of imidazole rings is 1. The van der Waals surface area contributed by atoms with Crippen molar-refractivity contribution in [2.45, 2.75) is 44.1 Å². The number of aliphatic hydroxyl groups is 2. The predicted molar refractivity (Wildman–Crippen MR) is 138 cm³/mol. The minimum Gasteiger partial charge on any atom is -0.392 e. The SMILES string of the molecule is Cc1cc(-c2ccc(CO)c(S(C)(=O)=O)c2)ccc1-n1cc(C(C)(C)O)nc1-c1ccccc1C(F)(F)F. The zero-order valence-electron chi connectivity index (χ0n) is 21.2. The summed E-state index contributed by atoms with van der Waals surface area (Å²) in [5.74, 6) is 0.0255. The van der Waals surface area contributed by atoms with Crippen molar-refractivity contribution in [1.82, 2.24) is 9.55 Å². The second kappa shape index (κ2) is 9.68. The van der Waals surface area contributed by atoms with E-state index >= 15 is 0 Å². The number of halogens is 3. The number of nitrogens with zero attached hydrogens (tertiary/aromatic N) is 2. The van der Waals surface area contributed by atoms with E-state index in [1.54, 1.807) is 37.3 Å². The molecule has 0 radical (unpaired) electrons. The van der Waals surface area contributed by atoms with E-state index in [0.29, 0.717) is 22.4 Å². The van der Waals surface area contributed by atoms with Crippen LogP contribution in [0.3, 0.4) is 0 Å². The molecule has 0 bridgehead atoms. The van der Waals surface area contributed by atoms with Crippen LogP contribution in [0.1, 0.15) is 36.2 Å². The van der Waals surface area contributed by atoms with Gasteiger partial charge in [0.05, 0.1) is 28.4 Å². The zero-order chi connectivity index (χ0) is 28.0. The smallest absolute Gasteiger partial charge is 0.392 e. The van der Waals surface area contributed by atoms with Gasteiger partial charge in [-0.15, -0.1) is 0 Å². The van der Waals surface area contributed by atoms with Gasteiger partial charge in [-0.25, -0.2) is 13.4 Å². The molecule has 38 heavy (non-hydrogen) atoms. The van der Waals surface area contributed by atoms with E-state index in [9.17, 15) is 31.8 Å². The van der Waals surface area contributed by atoms with Crippen molar-refractivity contribution in [2.75, 3.05) is 6.26 Å². The van der Waals surface area contributed by atoms with Crippen molar-refractivity contribution in [1.29, 1.82) is 0 Å². The average molecular weight is 545 g/mol. The first-order valence-electron chi connectivity index (χ1n) is 11.7. The molecule has 4 rings (SSSR count). The highest BCUT2D eigenvalue weighted by atomic mass is 32.2. The van der Waals surface area contributed by atoms with Crippen LogP contribution in [0.2, 0.25) is 0 Å². The lowest BCUT2D eigenvalue weighted by molar-refractivity contribution is -0.137. The standard InChI is InChI=1S/C28H27F3N2O4S/c1-17-13-18(19-9-10-20(16-34)24(14-19)38(4,36)37)11-12-23(17)33-15-25(27(2,3)35)32-26(33)21-7-5-6-8-22(21)28(29,30)31/h5-15,34-35H,16H2,1-4H3. The molecule has 0 aliphatic heterocycles. The lowest BCUT2D eigenvalue weighted by atomic mass is 10.0. The van der Waals surface area contributed by atoms with Crippen LogP contribution in [-0.4, -0.2) is 34.4 Å². The van der Waals surface area contributed by atoms with E-state index in [1.165, 1.54) is 48.9 Å². The predicted octanol–water partition coefficient (Wildman–Crippen LogP) is 5.66. The molecular weight excluding hydrogens is 517 g/mol. The molecule has 0 saturated carbocycles. The fraction of sp³-hybridized carbons (Fsp3) is 0.250. The topological polar surface area (TPSA) is 92.4 Å². The van der Waals surface area contributed by atoms with Crippen molar-refractivity contribution >= 4 is 9.84 Å². The van der Waals surface area contributed by atoms with Crippen molar-refractivity contribution in [3.63, 3.8) is 0 Å². The summed E-state index contributed by atoms with van der Waals surface area (Å²) >= 11 is 0. The van der Waals surface area contributed by atoms with Gasteiger partial charge in [-0.3, -0.25) is 4.57 Å².